The molecular formula is C15H20BrN3O. The number of imidazole rings is 1. The van der Waals surface area contributed by atoms with E-state index in [9.17, 15) is 0 Å². The van der Waals surface area contributed by atoms with E-state index in [0.717, 1.165) is 41.4 Å². The molecule has 0 spiro atoms. The quantitative estimate of drug-likeness (QED) is 0.817. The summed E-state index contributed by atoms with van der Waals surface area (Å²) in [4.78, 5) is 4.54. The summed E-state index contributed by atoms with van der Waals surface area (Å²) in [6.45, 7) is 5.69. The van der Waals surface area contributed by atoms with Crippen molar-refractivity contribution in [3.63, 3.8) is 0 Å². The number of aromatic nitrogens is 2. The summed E-state index contributed by atoms with van der Waals surface area (Å²) in [5.41, 5.74) is 3.32. The summed E-state index contributed by atoms with van der Waals surface area (Å²) in [5.74, 6) is 0.875. The van der Waals surface area contributed by atoms with Gasteiger partial charge >= 0.3 is 0 Å². The van der Waals surface area contributed by atoms with Crippen molar-refractivity contribution < 1.29 is 4.74 Å². The van der Waals surface area contributed by atoms with Crippen LogP contribution >= 0.6 is 15.9 Å². The van der Waals surface area contributed by atoms with Gasteiger partial charge in [0.15, 0.2) is 0 Å². The maximum absolute atomic E-state index is 5.06. The summed E-state index contributed by atoms with van der Waals surface area (Å²) in [6.07, 6.45) is 3.00. The average molecular weight is 338 g/mol. The third kappa shape index (κ3) is 3.61. The highest BCUT2D eigenvalue weighted by atomic mass is 79.9. The van der Waals surface area contributed by atoms with E-state index >= 15 is 0 Å². The zero-order chi connectivity index (χ0) is 14.5. The fourth-order valence-electron chi connectivity index (χ4n) is 2.01. The zero-order valence-corrected chi connectivity index (χ0v) is 13.7. The Kier molecular flexibility index (Phi) is 5.20. The van der Waals surface area contributed by atoms with Gasteiger partial charge in [-0.3, -0.25) is 4.57 Å². The molecule has 0 amide bonds. The summed E-state index contributed by atoms with van der Waals surface area (Å²) in [7, 11) is 1.72. The second-order valence-electron chi connectivity index (χ2n) is 4.78. The molecule has 2 rings (SSSR count). The van der Waals surface area contributed by atoms with E-state index in [4.69, 9.17) is 4.74 Å². The Bertz CT molecular complexity index is 580. The van der Waals surface area contributed by atoms with Crippen molar-refractivity contribution in [3.05, 3.63) is 40.1 Å². The largest absolute Gasteiger partial charge is 0.385 e. The number of anilines is 1. The van der Waals surface area contributed by atoms with E-state index in [-0.39, 0.29) is 0 Å². The van der Waals surface area contributed by atoms with Gasteiger partial charge < -0.3 is 10.1 Å². The number of nitrogens with zero attached hydrogens (tertiary/aromatic N) is 2. The van der Waals surface area contributed by atoms with Crippen LogP contribution in [0.25, 0.3) is 5.69 Å². The molecule has 1 N–H and O–H groups in total. The molecule has 0 saturated heterocycles. The minimum absolute atomic E-state index is 0.754. The second-order valence-corrected chi connectivity index (χ2v) is 5.64. The predicted octanol–water partition coefficient (Wildman–Crippen LogP) is 3.70. The van der Waals surface area contributed by atoms with E-state index in [1.54, 1.807) is 7.11 Å². The maximum Gasteiger partial charge on any atom is 0.207 e. The number of methoxy groups -OCH3 is 1. The number of halogens is 1. The molecule has 0 aliphatic heterocycles. The lowest BCUT2D eigenvalue weighted by atomic mass is 10.2. The minimum atomic E-state index is 0.754. The van der Waals surface area contributed by atoms with Crippen molar-refractivity contribution in [2.45, 2.75) is 20.3 Å². The Labute approximate surface area is 128 Å². The summed E-state index contributed by atoms with van der Waals surface area (Å²) in [5, 5.41) is 3.36. The van der Waals surface area contributed by atoms with E-state index in [1.165, 1.54) is 5.56 Å². The van der Waals surface area contributed by atoms with Crippen molar-refractivity contribution in [2.24, 2.45) is 0 Å². The molecule has 1 aromatic heterocycles. The number of ether oxygens (including phenoxy) is 1. The van der Waals surface area contributed by atoms with Crippen LogP contribution in [0.2, 0.25) is 0 Å². The van der Waals surface area contributed by atoms with Gasteiger partial charge in [0.1, 0.15) is 0 Å². The van der Waals surface area contributed by atoms with Crippen LogP contribution in [0.4, 0.5) is 5.95 Å². The van der Waals surface area contributed by atoms with Crippen LogP contribution in [0.5, 0.6) is 0 Å². The Morgan fingerprint density at radius 3 is 2.85 bits per heavy atom. The fourth-order valence-corrected chi connectivity index (χ4v) is 2.26. The first-order valence-electron chi connectivity index (χ1n) is 6.67. The maximum atomic E-state index is 5.06. The van der Waals surface area contributed by atoms with Gasteiger partial charge in [-0.1, -0.05) is 15.9 Å². The highest BCUT2D eigenvalue weighted by molar-refractivity contribution is 9.10. The van der Waals surface area contributed by atoms with E-state index < -0.39 is 0 Å². The molecule has 0 unspecified atom stereocenters. The molecule has 0 aliphatic carbocycles. The minimum Gasteiger partial charge on any atom is -0.385 e. The van der Waals surface area contributed by atoms with E-state index in [1.807, 2.05) is 13.1 Å². The molecule has 4 nitrogen and oxygen atoms in total. The summed E-state index contributed by atoms with van der Waals surface area (Å²) < 4.78 is 8.26. The number of benzene rings is 1. The van der Waals surface area contributed by atoms with Crippen LogP contribution in [0.15, 0.2) is 28.9 Å². The summed E-state index contributed by atoms with van der Waals surface area (Å²) >= 11 is 3.53. The third-order valence-corrected chi connectivity index (χ3v) is 3.94. The molecular weight excluding hydrogens is 318 g/mol. The van der Waals surface area contributed by atoms with Gasteiger partial charge in [0.2, 0.25) is 5.95 Å². The first-order valence-corrected chi connectivity index (χ1v) is 7.46. The first kappa shape index (κ1) is 15.1. The van der Waals surface area contributed by atoms with Gasteiger partial charge in [-0.2, -0.15) is 0 Å². The topological polar surface area (TPSA) is 39.1 Å². The lowest BCUT2D eigenvalue weighted by Gasteiger charge is -2.11. The van der Waals surface area contributed by atoms with E-state index in [2.05, 4.69) is 55.9 Å². The van der Waals surface area contributed by atoms with Gasteiger partial charge in [0.05, 0.1) is 5.69 Å². The molecule has 2 aromatic rings. The van der Waals surface area contributed by atoms with Crippen molar-refractivity contribution in [2.75, 3.05) is 25.6 Å². The first-order chi connectivity index (χ1) is 9.61. The molecule has 20 heavy (non-hydrogen) atoms. The van der Waals surface area contributed by atoms with Crippen LogP contribution in [0.1, 0.15) is 17.7 Å². The fraction of sp³-hybridized carbons (Fsp3) is 0.400. The molecule has 1 heterocycles. The van der Waals surface area contributed by atoms with Crippen LogP contribution in [-0.4, -0.2) is 29.8 Å². The number of rotatable bonds is 6. The second kappa shape index (κ2) is 6.90. The Morgan fingerprint density at radius 2 is 2.15 bits per heavy atom. The average Bonchev–Trinajstić information content (AvgIpc) is 2.79. The molecule has 0 fully saturated rings. The van der Waals surface area contributed by atoms with Crippen LogP contribution in [0, 0.1) is 13.8 Å². The Morgan fingerprint density at radius 1 is 1.35 bits per heavy atom. The van der Waals surface area contributed by atoms with Crippen molar-refractivity contribution in [1.29, 1.82) is 0 Å². The van der Waals surface area contributed by atoms with Crippen LogP contribution in [0.3, 0.4) is 0 Å². The number of hydrogen-bond donors (Lipinski definition) is 1. The molecule has 5 heteroatoms. The molecule has 1 aromatic carbocycles. The highest BCUT2D eigenvalue weighted by Crippen LogP contribution is 2.22. The number of hydrogen-bond acceptors (Lipinski definition) is 3. The van der Waals surface area contributed by atoms with E-state index in [0.29, 0.717) is 0 Å². The third-order valence-electron chi connectivity index (χ3n) is 3.05. The zero-order valence-electron chi connectivity index (χ0n) is 12.1. The monoisotopic (exact) mass is 337 g/mol. The van der Waals surface area contributed by atoms with Gasteiger partial charge in [-0.05, 0) is 44.0 Å². The molecule has 0 aliphatic rings. The molecule has 108 valence electrons. The Hall–Kier alpha value is -1.33. The normalized spacial score (nSPS) is 10.8. The number of aryl methyl sites for hydroxylation is 2. The van der Waals surface area contributed by atoms with Gasteiger partial charge in [0, 0.05) is 36.6 Å². The van der Waals surface area contributed by atoms with Gasteiger partial charge in [-0.25, -0.2) is 4.98 Å². The molecule has 0 saturated carbocycles. The highest BCUT2D eigenvalue weighted by Gasteiger charge is 2.08. The lowest BCUT2D eigenvalue weighted by Crippen LogP contribution is -2.09. The SMILES string of the molecule is COCCCNc1nc(C)cn1-c1ccc(Br)c(C)c1. The molecule has 0 atom stereocenters. The molecule has 0 bridgehead atoms. The number of nitrogens with one attached hydrogen (secondary N) is 1. The van der Waals surface area contributed by atoms with Crippen LogP contribution < -0.4 is 5.32 Å². The predicted molar refractivity (Wildman–Crippen MR) is 85.7 cm³/mol. The Balaban J connectivity index is 2.20. The van der Waals surface area contributed by atoms with Crippen molar-refractivity contribution >= 4 is 21.9 Å². The van der Waals surface area contributed by atoms with Gasteiger partial charge in [0.25, 0.3) is 0 Å². The van der Waals surface area contributed by atoms with Crippen molar-refractivity contribution in [1.82, 2.24) is 9.55 Å². The van der Waals surface area contributed by atoms with Crippen molar-refractivity contribution in [3.8, 4) is 5.69 Å². The summed E-state index contributed by atoms with van der Waals surface area (Å²) in [6, 6.07) is 6.29. The molecule has 0 radical (unpaired) electrons. The van der Waals surface area contributed by atoms with Crippen LogP contribution in [-0.2, 0) is 4.74 Å². The lowest BCUT2D eigenvalue weighted by molar-refractivity contribution is 0.197. The smallest absolute Gasteiger partial charge is 0.207 e. The standard InChI is InChI=1S/C15H20BrN3O/c1-11-9-13(5-6-14(11)16)19-10-12(2)18-15(19)17-7-4-8-20-3/h5-6,9-10H,4,7-8H2,1-3H3,(H,17,18). The van der Waals surface area contributed by atoms with Gasteiger partial charge in [-0.15, -0.1) is 0 Å².